The Bertz CT molecular complexity index is 1370. The lowest BCUT2D eigenvalue weighted by atomic mass is 10.0. The van der Waals surface area contributed by atoms with Crippen molar-refractivity contribution < 1.29 is 14.3 Å². The highest BCUT2D eigenvalue weighted by atomic mass is 35.5. The number of aromatic nitrogens is 1. The summed E-state index contributed by atoms with van der Waals surface area (Å²) in [6, 6.07) is 21.5. The molecule has 4 aromatic rings. The van der Waals surface area contributed by atoms with Gasteiger partial charge in [0.1, 0.15) is 17.6 Å². The molecule has 6 nitrogen and oxygen atoms in total. The van der Waals surface area contributed by atoms with Gasteiger partial charge in [-0.1, -0.05) is 35.4 Å². The SMILES string of the molecule is Cc1ccc(N2C(=S)NC(c3ccccn3)C2c2ccc(-c3cc(C(=O)O)ccc3Cl)o2)cc1. The van der Waals surface area contributed by atoms with E-state index < -0.39 is 5.97 Å². The number of carboxylic acid groups (broad SMARTS) is 1. The second kappa shape index (κ2) is 8.93. The number of halogens is 1. The monoisotopic (exact) mass is 489 g/mol. The number of hydrogen-bond acceptors (Lipinski definition) is 4. The second-order valence-electron chi connectivity index (χ2n) is 8.03. The molecule has 8 heteroatoms. The van der Waals surface area contributed by atoms with Crippen LogP contribution in [0.2, 0.25) is 5.02 Å². The minimum atomic E-state index is -1.03. The van der Waals surface area contributed by atoms with Gasteiger partial charge in [-0.25, -0.2) is 4.79 Å². The molecule has 0 bridgehead atoms. The Morgan fingerprint density at radius 2 is 1.91 bits per heavy atom. The summed E-state index contributed by atoms with van der Waals surface area (Å²) in [6.07, 6.45) is 1.75. The summed E-state index contributed by atoms with van der Waals surface area (Å²) in [5.74, 6) is 0.0933. The number of carboxylic acids is 1. The van der Waals surface area contributed by atoms with Gasteiger partial charge in [-0.2, -0.15) is 0 Å². The molecule has 0 saturated carbocycles. The van der Waals surface area contributed by atoms with Gasteiger partial charge in [-0.05, 0) is 73.7 Å². The molecular weight excluding hydrogens is 470 g/mol. The number of pyridine rings is 1. The lowest BCUT2D eigenvalue weighted by Crippen LogP contribution is -2.29. The highest BCUT2D eigenvalue weighted by Gasteiger charge is 2.42. The predicted molar refractivity (Wildman–Crippen MR) is 135 cm³/mol. The van der Waals surface area contributed by atoms with Crippen LogP contribution in [-0.2, 0) is 0 Å². The third-order valence-electron chi connectivity index (χ3n) is 5.81. The maximum absolute atomic E-state index is 11.5. The van der Waals surface area contributed by atoms with E-state index in [-0.39, 0.29) is 17.6 Å². The third kappa shape index (κ3) is 4.04. The minimum Gasteiger partial charge on any atom is -0.478 e. The van der Waals surface area contributed by atoms with Crippen LogP contribution in [0.15, 0.2) is 83.4 Å². The van der Waals surface area contributed by atoms with Crippen molar-refractivity contribution in [1.82, 2.24) is 10.3 Å². The molecule has 0 amide bonds. The molecule has 1 aliphatic rings. The zero-order valence-electron chi connectivity index (χ0n) is 18.1. The van der Waals surface area contributed by atoms with Gasteiger partial charge in [0.25, 0.3) is 0 Å². The van der Waals surface area contributed by atoms with Crippen LogP contribution < -0.4 is 10.2 Å². The predicted octanol–water partition coefficient (Wildman–Crippen LogP) is 6.18. The fraction of sp³-hybridized carbons (Fsp3) is 0.115. The fourth-order valence-corrected chi connectivity index (χ4v) is 4.69. The van der Waals surface area contributed by atoms with Crippen molar-refractivity contribution in [1.29, 1.82) is 0 Å². The molecule has 1 saturated heterocycles. The Morgan fingerprint density at radius 3 is 2.62 bits per heavy atom. The van der Waals surface area contributed by atoms with E-state index in [1.54, 1.807) is 18.3 Å². The van der Waals surface area contributed by atoms with Gasteiger partial charge in [-0.15, -0.1) is 0 Å². The van der Waals surface area contributed by atoms with Crippen LogP contribution in [0.3, 0.4) is 0 Å². The Kier molecular flexibility index (Phi) is 5.81. The van der Waals surface area contributed by atoms with Crippen LogP contribution in [-0.4, -0.2) is 21.2 Å². The van der Waals surface area contributed by atoms with E-state index in [9.17, 15) is 9.90 Å². The van der Waals surface area contributed by atoms with Crippen molar-refractivity contribution >= 4 is 40.6 Å². The molecule has 0 aliphatic carbocycles. The average molecular weight is 490 g/mol. The average Bonchev–Trinajstić information content (AvgIpc) is 3.45. The Balaban J connectivity index is 1.61. The highest BCUT2D eigenvalue weighted by Crippen LogP contribution is 2.43. The molecule has 1 aliphatic heterocycles. The van der Waals surface area contributed by atoms with Crippen LogP contribution in [0.1, 0.15) is 39.5 Å². The summed E-state index contributed by atoms with van der Waals surface area (Å²) >= 11 is 12.1. The number of benzene rings is 2. The second-order valence-corrected chi connectivity index (χ2v) is 8.83. The molecule has 2 N–H and O–H groups in total. The van der Waals surface area contributed by atoms with E-state index in [4.69, 9.17) is 28.2 Å². The van der Waals surface area contributed by atoms with Crippen molar-refractivity contribution in [2.75, 3.05) is 4.90 Å². The molecule has 170 valence electrons. The Labute approximate surface area is 206 Å². The summed E-state index contributed by atoms with van der Waals surface area (Å²) in [4.78, 5) is 18.0. The topological polar surface area (TPSA) is 78.6 Å². The summed E-state index contributed by atoms with van der Waals surface area (Å²) in [6.45, 7) is 2.03. The van der Waals surface area contributed by atoms with Crippen LogP contribution in [0.4, 0.5) is 5.69 Å². The van der Waals surface area contributed by atoms with Crippen LogP contribution in [0.5, 0.6) is 0 Å². The molecule has 1 fully saturated rings. The molecule has 2 aromatic heterocycles. The summed E-state index contributed by atoms with van der Waals surface area (Å²) in [5, 5.41) is 13.8. The number of aromatic carboxylic acids is 1. The zero-order valence-corrected chi connectivity index (χ0v) is 19.7. The number of nitrogens with one attached hydrogen (secondary N) is 1. The molecule has 0 radical (unpaired) electrons. The number of hydrogen-bond donors (Lipinski definition) is 2. The molecule has 0 spiro atoms. The third-order valence-corrected chi connectivity index (χ3v) is 6.45. The van der Waals surface area contributed by atoms with E-state index in [2.05, 4.69) is 10.3 Å². The number of rotatable bonds is 5. The number of furan rings is 1. The van der Waals surface area contributed by atoms with E-state index in [1.807, 2.05) is 60.4 Å². The normalized spacial score (nSPS) is 17.6. The molecule has 2 unspecified atom stereocenters. The maximum Gasteiger partial charge on any atom is 0.335 e. The van der Waals surface area contributed by atoms with Crippen LogP contribution >= 0.6 is 23.8 Å². The lowest BCUT2D eigenvalue weighted by Gasteiger charge is -2.26. The lowest BCUT2D eigenvalue weighted by molar-refractivity contribution is 0.0697. The number of aryl methyl sites for hydroxylation is 1. The first kappa shape index (κ1) is 22.1. The standard InChI is InChI=1S/C26H20ClN3O3S/c1-15-5-8-17(9-6-15)30-24(23(29-26(30)34)20-4-2-3-13-28-20)22-12-11-21(33-22)18-14-16(25(31)32)7-10-19(18)27/h2-14,23-24H,1H3,(H,29,34)(H,31,32). The minimum absolute atomic E-state index is 0.133. The van der Waals surface area contributed by atoms with E-state index in [0.717, 1.165) is 16.9 Å². The van der Waals surface area contributed by atoms with Gasteiger partial charge in [0.2, 0.25) is 0 Å². The number of nitrogens with zero attached hydrogens (tertiary/aromatic N) is 2. The first-order chi connectivity index (χ1) is 16.4. The van der Waals surface area contributed by atoms with E-state index in [0.29, 0.717) is 27.2 Å². The summed E-state index contributed by atoms with van der Waals surface area (Å²) in [5.41, 5.74) is 3.54. The van der Waals surface area contributed by atoms with Crippen molar-refractivity contribution in [3.8, 4) is 11.3 Å². The summed E-state index contributed by atoms with van der Waals surface area (Å²) in [7, 11) is 0. The van der Waals surface area contributed by atoms with Crippen LogP contribution in [0.25, 0.3) is 11.3 Å². The van der Waals surface area contributed by atoms with Crippen molar-refractivity contribution in [2.45, 2.75) is 19.0 Å². The van der Waals surface area contributed by atoms with Gasteiger partial charge < -0.3 is 19.7 Å². The quantitative estimate of drug-likeness (QED) is 0.324. The van der Waals surface area contributed by atoms with Crippen molar-refractivity contribution in [3.05, 3.63) is 107 Å². The smallest absolute Gasteiger partial charge is 0.335 e. The number of anilines is 1. The van der Waals surface area contributed by atoms with Gasteiger partial charge in [-0.3, -0.25) is 4.98 Å². The van der Waals surface area contributed by atoms with Crippen LogP contribution in [0, 0.1) is 6.92 Å². The summed E-state index contributed by atoms with van der Waals surface area (Å²) < 4.78 is 6.30. The van der Waals surface area contributed by atoms with E-state index >= 15 is 0 Å². The Hall–Kier alpha value is -3.68. The van der Waals surface area contributed by atoms with Gasteiger partial charge in [0.05, 0.1) is 22.3 Å². The van der Waals surface area contributed by atoms with Crippen molar-refractivity contribution in [2.24, 2.45) is 0 Å². The van der Waals surface area contributed by atoms with Gasteiger partial charge in [0.15, 0.2) is 5.11 Å². The highest BCUT2D eigenvalue weighted by molar-refractivity contribution is 7.80. The number of carbonyl (C=O) groups is 1. The van der Waals surface area contributed by atoms with E-state index in [1.165, 1.54) is 12.1 Å². The zero-order chi connectivity index (χ0) is 23.8. The molecule has 34 heavy (non-hydrogen) atoms. The maximum atomic E-state index is 11.5. The van der Waals surface area contributed by atoms with Gasteiger partial charge in [0, 0.05) is 17.4 Å². The largest absolute Gasteiger partial charge is 0.478 e. The molecule has 2 atom stereocenters. The Morgan fingerprint density at radius 1 is 1.12 bits per heavy atom. The molecule has 5 rings (SSSR count). The van der Waals surface area contributed by atoms with Gasteiger partial charge >= 0.3 is 5.97 Å². The molecular formula is C26H20ClN3O3S. The molecule has 3 heterocycles. The number of thiocarbonyl (C=S) groups is 1. The fourth-order valence-electron chi connectivity index (χ4n) is 4.13. The first-order valence-corrected chi connectivity index (χ1v) is 11.4. The van der Waals surface area contributed by atoms with Crippen molar-refractivity contribution in [3.63, 3.8) is 0 Å². The molecule has 2 aromatic carbocycles. The first-order valence-electron chi connectivity index (χ1n) is 10.6.